The molecule has 8 N–H and O–H groups in total. The van der Waals surface area contributed by atoms with Crippen LogP contribution in [-0.4, -0.2) is 110 Å². The number of rotatable bonds is 57. The molecule has 1 rings (SSSR count). The summed E-state index contributed by atoms with van der Waals surface area (Å²) in [5.41, 5.74) is 0. The van der Waals surface area contributed by atoms with E-state index in [2.05, 4.69) is 79.9 Å². The van der Waals surface area contributed by atoms with Crippen LogP contribution in [0.2, 0.25) is 0 Å². The average Bonchev–Trinajstić information content (AvgIpc) is 3.46. The van der Waals surface area contributed by atoms with E-state index in [-0.39, 0.29) is 12.8 Å². The first-order chi connectivity index (χ1) is 38.7. The number of hydrogen-bond acceptors (Lipinski definition) is 10. The van der Waals surface area contributed by atoms with Gasteiger partial charge in [-0.3, -0.25) is 4.79 Å². The molecule has 11 heteroatoms. The predicted molar refractivity (Wildman–Crippen MR) is 330 cm³/mol. The summed E-state index contributed by atoms with van der Waals surface area (Å²) in [4.78, 5) is 13.2. The summed E-state index contributed by atoms with van der Waals surface area (Å²) in [7, 11) is 0. The molecule has 0 aromatic carbocycles. The Bertz CT molecular complexity index is 1470. The summed E-state index contributed by atoms with van der Waals surface area (Å²) in [6, 6.07) is -1.20. The number of carbonyl (C=O) groups excluding carboxylic acids is 1. The first-order valence-corrected chi connectivity index (χ1v) is 33.2. The molecule has 1 heterocycles. The third-order valence-corrected chi connectivity index (χ3v) is 15.7. The molecule has 1 amide bonds. The third kappa shape index (κ3) is 44.1. The van der Waals surface area contributed by atoms with E-state index in [4.69, 9.17) is 9.47 Å². The van der Waals surface area contributed by atoms with E-state index >= 15 is 0 Å². The van der Waals surface area contributed by atoms with Crippen molar-refractivity contribution in [1.29, 1.82) is 0 Å². The fourth-order valence-electron chi connectivity index (χ4n) is 10.4. The van der Waals surface area contributed by atoms with E-state index < -0.39 is 74.2 Å². The van der Waals surface area contributed by atoms with Crippen LogP contribution in [0.4, 0.5) is 0 Å². The van der Waals surface area contributed by atoms with Crippen molar-refractivity contribution in [3.63, 3.8) is 0 Å². The van der Waals surface area contributed by atoms with Crippen molar-refractivity contribution in [3.05, 3.63) is 60.8 Å². The Morgan fingerprint density at radius 1 is 0.443 bits per heavy atom. The highest BCUT2D eigenvalue weighted by molar-refractivity contribution is 5.80. The molecule has 1 aliphatic rings. The topological polar surface area (TPSA) is 189 Å². The number of aliphatic hydroxyl groups is 7. The second-order valence-corrected chi connectivity index (χ2v) is 23.2. The van der Waals surface area contributed by atoms with E-state index in [1.165, 1.54) is 186 Å². The van der Waals surface area contributed by atoms with Crippen molar-refractivity contribution in [3.8, 4) is 0 Å². The number of amides is 1. The van der Waals surface area contributed by atoms with E-state index in [1.54, 1.807) is 0 Å². The van der Waals surface area contributed by atoms with Gasteiger partial charge in [0.05, 0.1) is 25.4 Å². The summed E-state index contributed by atoms with van der Waals surface area (Å²) in [5.74, 6) is -0.716. The van der Waals surface area contributed by atoms with Gasteiger partial charge in [0.2, 0.25) is 5.91 Å². The maximum Gasteiger partial charge on any atom is 0.249 e. The van der Waals surface area contributed by atoms with E-state index in [0.717, 1.165) is 64.2 Å². The molecule has 1 fully saturated rings. The van der Waals surface area contributed by atoms with Gasteiger partial charge in [-0.2, -0.15) is 0 Å². The van der Waals surface area contributed by atoms with Gasteiger partial charge in [-0.05, 0) is 96.3 Å². The molecule has 9 unspecified atom stereocenters. The quantitative estimate of drug-likeness (QED) is 0.0215. The summed E-state index contributed by atoms with van der Waals surface area (Å²) < 4.78 is 11.2. The second kappa shape index (κ2) is 56.3. The molecule has 79 heavy (non-hydrogen) atoms. The number of allylic oxidation sites excluding steroid dienone is 10. The highest BCUT2D eigenvalue weighted by Gasteiger charge is 2.44. The van der Waals surface area contributed by atoms with Gasteiger partial charge in [-0.15, -0.1) is 0 Å². The highest BCUT2D eigenvalue weighted by atomic mass is 16.7. The summed E-state index contributed by atoms with van der Waals surface area (Å²) in [6.07, 6.45) is 62.9. The molecular weight excluding hydrogens is 991 g/mol. The molecule has 0 aromatic heterocycles. The average molecular weight is 1120 g/mol. The molecule has 0 radical (unpaired) electrons. The number of ether oxygens (including phenoxy) is 2. The number of hydrogen-bond donors (Lipinski definition) is 8. The number of carbonyl (C=O) groups is 1. The maximum atomic E-state index is 13.2. The molecule has 462 valence electrons. The van der Waals surface area contributed by atoms with Crippen molar-refractivity contribution in [2.75, 3.05) is 13.2 Å². The van der Waals surface area contributed by atoms with Gasteiger partial charge in [0.25, 0.3) is 0 Å². The Morgan fingerprint density at radius 3 is 1.20 bits per heavy atom. The van der Waals surface area contributed by atoms with Crippen molar-refractivity contribution in [1.82, 2.24) is 5.32 Å². The van der Waals surface area contributed by atoms with Crippen molar-refractivity contribution in [2.24, 2.45) is 0 Å². The largest absolute Gasteiger partial charge is 0.394 e. The summed E-state index contributed by atoms with van der Waals surface area (Å²) >= 11 is 0. The molecule has 0 aliphatic carbocycles. The normalized spacial score (nSPS) is 19.7. The van der Waals surface area contributed by atoms with Crippen molar-refractivity contribution in [2.45, 2.75) is 351 Å². The fourth-order valence-corrected chi connectivity index (χ4v) is 10.4. The van der Waals surface area contributed by atoms with E-state index in [9.17, 15) is 40.5 Å². The predicted octanol–water partition coefficient (Wildman–Crippen LogP) is 15.4. The second-order valence-electron chi connectivity index (χ2n) is 23.2. The summed E-state index contributed by atoms with van der Waals surface area (Å²) in [5, 5.41) is 76.3. The zero-order valence-electron chi connectivity index (χ0n) is 50.9. The lowest BCUT2D eigenvalue weighted by atomic mass is 9.98. The van der Waals surface area contributed by atoms with Gasteiger partial charge in [-0.1, -0.05) is 261 Å². The van der Waals surface area contributed by atoms with Crippen LogP contribution in [0.3, 0.4) is 0 Å². The van der Waals surface area contributed by atoms with Gasteiger partial charge in [0.1, 0.15) is 36.6 Å². The van der Waals surface area contributed by atoms with Crippen LogP contribution in [0.5, 0.6) is 0 Å². The minimum Gasteiger partial charge on any atom is -0.394 e. The number of aliphatic hydroxyl groups excluding tert-OH is 7. The first-order valence-electron chi connectivity index (χ1n) is 33.2. The number of nitrogens with one attached hydrogen (secondary N) is 1. The zero-order valence-corrected chi connectivity index (χ0v) is 50.9. The van der Waals surface area contributed by atoms with Crippen LogP contribution in [0, 0.1) is 0 Å². The Morgan fingerprint density at radius 2 is 0.797 bits per heavy atom. The van der Waals surface area contributed by atoms with Gasteiger partial charge < -0.3 is 50.5 Å². The fraction of sp³-hybridized carbons (Fsp3) is 0.838. The lowest BCUT2D eigenvalue weighted by Gasteiger charge is -2.40. The third-order valence-electron chi connectivity index (χ3n) is 15.7. The molecule has 9 atom stereocenters. The van der Waals surface area contributed by atoms with Crippen LogP contribution in [0.1, 0.15) is 296 Å². The van der Waals surface area contributed by atoms with Crippen molar-refractivity contribution < 1.29 is 50.0 Å². The minimum absolute atomic E-state index is 0.238. The zero-order chi connectivity index (χ0) is 57.5. The van der Waals surface area contributed by atoms with Gasteiger partial charge >= 0.3 is 0 Å². The molecule has 1 aliphatic heterocycles. The molecule has 1 saturated heterocycles. The lowest BCUT2D eigenvalue weighted by molar-refractivity contribution is -0.303. The van der Waals surface area contributed by atoms with E-state index in [0.29, 0.717) is 19.3 Å². The standard InChI is InChI=1S/C68H125NO10/c1-3-5-7-9-11-13-15-17-19-21-23-25-27-29-30-31-32-34-35-37-39-41-43-45-47-49-51-53-55-60(71)63(73)59(58-78-68-66(76)65(75)64(74)62(57-70)79-68)69-67(77)61(72)56-54-52-50-48-46-44-42-40-38-36-33-28-26-24-22-20-18-16-14-12-10-8-6-4-2/h24,26,32-34,36,39,41,47,49,59-66,68,70-76H,3-23,25,27-31,35,37-38,40,42-46,48,50-58H2,1-2H3,(H,69,77)/b26-24-,34-32+,36-33-,41-39+,49-47+. The Kier molecular flexibility index (Phi) is 53.3. The Hall–Kier alpha value is -2.19. The molecule has 0 bridgehead atoms. The van der Waals surface area contributed by atoms with Crippen LogP contribution < -0.4 is 5.32 Å². The lowest BCUT2D eigenvalue weighted by Crippen LogP contribution is -2.60. The number of unbranched alkanes of at least 4 members (excludes halogenated alkanes) is 35. The molecule has 0 saturated carbocycles. The summed E-state index contributed by atoms with van der Waals surface area (Å²) in [6.45, 7) is 3.46. The molecule has 0 aromatic rings. The van der Waals surface area contributed by atoms with Gasteiger partial charge in [-0.25, -0.2) is 0 Å². The van der Waals surface area contributed by atoms with Crippen LogP contribution in [-0.2, 0) is 14.3 Å². The molecular formula is C68H125NO10. The van der Waals surface area contributed by atoms with Crippen LogP contribution in [0.25, 0.3) is 0 Å². The monoisotopic (exact) mass is 1120 g/mol. The van der Waals surface area contributed by atoms with Gasteiger partial charge in [0.15, 0.2) is 6.29 Å². The van der Waals surface area contributed by atoms with Crippen LogP contribution in [0.15, 0.2) is 60.8 Å². The molecule has 0 spiro atoms. The van der Waals surface area contributed by atoms with Gasteiger partial charge in [0, 0.05) is 0 Å². The molecule has 11 nitrogen and oxygen atoms in total. The highest BCUT2D eigenvalue weighted by Crippen LogP contribution is 2.23. The SMILES string of the molecule is CCCCCCCCCCC/C=C\C/C=C\CCCCCCCCCCC(O)C(=O)NC(COC1OC(CO)C(O)C(O)C1O)C(O)C(O)CCC/C=C/CC/C=C/CC/C=C/CCCCCCCCCCCCCCCCC. The Labute approximate surface area is 484 Å². The smallest absolute Gasteiger partial charge is 0.249 e. The minimum atomic E-state index is -1.68. The van der Waals surface area contributed by atoms with E-state index in [1.807, 2.05) is 0 Å². The first kappa shape index (κ1) is 74.8. The van der Waals surface area contributed by atoms with Crippen molar-refractivity contribution >= 4 is 5.91 Å². The Balaban J connectivity index is 2.29. The maximum absolute atomic E-state index is 13.2. The van der Waals surface area contributed by atoms with Crippen LogP contribution >= 0.6 is 0 Å².